The Hall–Kier alpha value is -8.20. The number of aliphatic hydroxyl groups excluding tert-OH is 10. The van der Waals surface area contributed by atoms with Crippen molar-refractivity contribution in [3.8, 4) is 23.0 Å². The van der Waals surface area contributed by atoms with E-state index in [1.165, 1.54) is 72.6 Å². The van der Waals surface area contributed by atoms with Crippen molar-refractivity contribution in [1.82, 2.24) is 9.80 Å². The first-order valence-corrected chi connectivity index (χ1v) is 28.6. The quantitative estimate of drug-likeness (QED) is 0.0292. The van der Waals surface area contributed by atoms with Gasteiger partial charge < -0.3 is 108 Å². The third kappa shape index (κ3) is 13.0. The molecule has 4 amide bonds. The molecule has 6 heterocycles. The van der Waals surface area contributed by atoms with Gasteiger partial charge in [0.25, 0.3) is 11.8 Å². The van der Waals surface area contributed by atoms with Gasteiger partial charge in [0.1, 0.15) is 85.6 Å². The van der Waals surface area contributed by atoms with E-state index in [2.05, 4.69) is 0 Å². The molecule has 4 aromatic rings. The molecule has 91 heavy (non-hydrogen) atoms. The minimum atomic E-state index is -1.89. The second-order valence-electron chi connectivity index (χ2n) is 21.9. The number of nitrogens with zero attached hydrogens (tertiary/aromatic N) is 6. The number of methoxy groups -OCH3 is 2. The van der Waals surface area contributed by atoms with Gasteiger partial charge in [0.15, 0.2) is 24.0 Å². The van der Waals surface area contributed by atoms with Crippen LogP contribution in [0.15, 0.2) is 72.8 Å². The summed E-state index contributed by atoms with van der Waals surface area (Å²) in [6.07, 6.45) is -24.4. The Bertz CT molecular complexity index is 3150. The summed E-state index contributed by atoms with van der Waals surface area (Å²) in [5.41, 5.74) is -1.53. The molecule has 4 fully saturated rings. The summed E-state index contributed by atoms with van der Waals surface area (Å²) in [6, 6.07) is 12.8. The number of rotatable bonds is 20. The number of hydrogen-bond donors (Lipinski definition) is 10. The largest absolute Gasteiger partial charge is 0.497 e. The lowest BCUT2D eigenvalue weighted by atomic mass is 9.99. The Kier molecular flexibility index (Phi) is 20.0. The van der Waals surface area contributed by atoms with Crippen molar-refractivity contribution < 1.29 is 127 Å². The fraction of sp³-hybridized carbons (Fsp3) is 0.509. The van der Waals surface area contributed by atoms with E-state index < -0.39 is 181 Å². The minimum absolute atomic E-state index is 0.0411. The average Bonchev–Trinajstić information content (AvgIpc) is 1.64. The number of carbonyl (C=O) groups is 4. The van der Waals surface area contributed by atoms with Crippen molar-refractivity contribution >= 4 is 46.8 Å². The second-order valence-corrected chi connectivity index (χ2v) is 21.9. The lowest BCUT2D eigenvalue weighted by Crippen LogP contribution is -2.60. The summed E-state index contributed by atoms with van der Waals surface area (Å²) in [4.78, 5) is 84.4. The number of fused-ring (bicyclic) bond motifs is 4. The zero-order chi connectivity index (χ0) is 65.3. The Balaban J connectivity index is 0.793. The fourth-order valence-electron chi connectivity index (χ4n) is 11.8. The molecule has 0 spiro atoms. The molecular weight excluding hydrogens is 1220 g/mol. The number of benzene rings is 4. The van der Waals surface area contributed by atoms with Crippen molar-refractivity contribution in [1.29, 1.82) is 0 Å². The summed E-state index contributed by atoms with van der Waals surface area (Å²) in [5.74, 6) is -1.61. The Morgan fingerprint density at radius 3 is 1.32 bits per heavy atom. The van der Waals surface area contributed by atoms with E-state index in [4.69, 9.17) is 47.4 Å². The first-order chi connectivity index (χ1) is 43.6. The molecule has 34 nitrogen and oxygen atoms in total. The number of amides is 4. The Morgan fingerprint density at radius 1 is 0.560 bits per heavy atom. The van der Waals surface area contributed by atoms with E-state index >= 15 is 0 Å². The summed E-state index contributed by atoms with van der Waals surface area (Å²) in [6.45, 7) is -2.81. The Morgan fingerprint density at radius 2 is 0.956 bits per heavy atom. The van der Waals surface area contributed by atoms with E-state index in [-0.39, 0.29) is 90.7 Å². The monoisotopic (exact) mass is 1280 g/mol. The molecule has 16 atom stereocenters. The van der Waals surface area contributed by atoms with Crippen molar-refractivity contribution in [2.24, 2.45) is 0 Å². The number of nitro benzene ring substituents is 2. The number of aliphatic hydroxyl groups is 10. The van der Waals surface area contributed by atoms with Crippen molar-refractivity contribution in [3.63, 3.8) is 0 Å². The lowest BCUT2D eigenvalue weighted by molar-refractivity contribution is -0.387. The van der Waals surface area contributed by atoms with Crippen molar-refractivity contribution in [2.75, 3.05) is 63.5 Å². The third-order valence-electron chi connectivity index (χ3n) is 16.5. The molecule has 6 aliphatic heterocycles. The van der Waals surface area contributed by atoms with Gasteiger partial charge >= 0.3 is 23.6 Å². The highest BCUT2D eigenvalue weighted by Gasteiger charge is 2.53. The second kappa shape index (κ2) is 27.7. The molecule has 4 saturated heterocycles. The SMILES string of the molecule is COc1ccc2c(c1)C(=O)N1CCC(OCCCO[C@H]3CCN4C(=O)c5cc(OC)ccc5N(C(=O)OCc5ccc(OC6O[C@H](CO)[C@H](O)[C@H](O)[C@H]6O)c([N+](=O)[O-])c5)C(O)[C@H]34)C1C(O)N2C(=O)OCc1ccc(OC2O[C@H](CO)[C@H](O)[C@H](O)[C@H]2O)c([N+](=O)[O-])c1. The fourth-order valence-corrected chi connectivity index (χ4v) is 11.8. The maximum atomic E-state index is 14.3. The summed E-state index contributed by atoms with van der Waals surface area (Å²) in [5, 5.41) is 130. The number of carbonyl (C=O) groups excluding carboxylic acids is 4. The number of ether oxygens (including phenoxy) is 10. The van der Waals surface area contributed by atoms with E-state index in [0.717, 1.165) is 34.1 Å². The van der Waals surface area contributed by atoms with E-state index in [1.54, 1.807) is 0 Å². The number of hydrogen-bond acceptors (Lipinski definition) is 28. The maximum Gasteiger partial charge on any atom is 0.416 e. The molecule has 10 N–H and O–H groups in total. The summed E-state index contributed by atoms with van der Waals surface area (Å²) in [7, 11) is 2.73. The highest BCUT2D eigenvalue weighted by atomic mass is 16.7. The van der Waals surface area contributed by atoms with Gasteiger partial charge in [0.05, 0.1) is 72.0 Å². The van der Waals surface area contributed by atoms with Crippen LogP contribution in [0.4, 0.5) is 32.3 Å². The van der Waals surface area contributed by atoms with E-state index in [0.29, 0.717) is 0 Å². The molecule has 10 rings (SSSR count). The first-order valence-electron chi connectivity index (χ1n) is 28.6. The van der Waals surface area contributed by atoms with Gasteiger partial charge in [0, 0.05) is 38.4 Å². The molecule has 0 saturated carbocycles. The van der Waals surface area contributed by atoms with Crippen LogP contribution < -0.4 is 28.7 Å². The van der Waals surface area contributed by atoms with E-state index in [1.807, 2.05) is 0 Å². The molecule has 34 heteroatoms. The minimum Gasteiger partial charge on any atom is -0.497 e. The van der Waals surface area contributed by atoms with Gasteiger partial charge in [-0.1, -0.05) is 12.1 Å². The summed E-state index contributed by atoms with van der Waals surface area (Å²) < 4.78 is 56.3. The van der Waals surface area contributed by atoms with Crippen molar-refractivity contribution in [2.45, 2.75) is 131 Å². The molecule has 492 valence electrons. The van der Waals surface area contributed by atoms with Crippen LogP contribution in [0.3, 0.4) is 0 Å². The van der Waals surface area contributed by atoms with Crippen molar-refractivity contribution in [3.05, 3.63) is 115 Å². The maximum absolute atomic E-state index is 14.3. The van der Waals surface area contributed by atoms with Crippen LogP contribution >= 0.6 is 0 Å². The van der Waals surface area contributed by atoms with Gasteiger partial charge in [-0.25, -0.2) is 19.4 Å². The number of anilines is 2. The Labute approximate surface area is 515 Å². The van der Waals surface area contributed by atoms with Crippen LogP contribution in [0.1, 0.15) is 51.1 Å². The van der Waals surface area contributed by atoms with Gasteiger partial charge in [0.2, 0.25) is 12.6 Å². The normalized spacial score (nSPS) is 29.5. The predicted molar refractivity (Wildman–Crippen MR) is 301 cm³/mol. The molecule has 0 aromatic heterocycles. The third-order valence-corrected chi connectivity index (χ3v) is 16.5. The standard InChI is InChI=1S/C57H66N6O28/c1-82-28-6-8-32-30(20-28)50(72)58-14-12-38(42(58)52(74)60(32)56(76)86-24-26-4-10-36(34(18-26)62(78)79)88-54-48(70)46(68)44(66)40(22-64)90-54)84-16-3-17-85-39-13-15-59-43(39)53(75)61(33-9-7-29(83-2)21-31(33)51(59)73)57(77)87-25-27-5-11-37(35(19-27)63(80)81)89-55-49(71)47(69)45(67)41(23-65)91-55/h4-11,18-21,38-49,52-55,64-71,74-75H,3,12-17,22-25H2,1-2H3/t38-,39?,40+,41+,42-,43?,44-,45-,46-,47-,48+,49+,52?,53?,54?,55?/m0/s1. The van der Waals surface area contributed by atoms with Crippen LogP contribution in [-0.4, -0.2) is 247 Å². The average molecular weight is 1280 g/mol. The van der Waals surface area contributed by atoms with Gasteiger partial charge in [-0.15, -0.1) is 0 Å². The zero-order valence-electron chi connectivity index (χ0n) is 48.4. The molecular formula is C57H66N6O28. The molecule has 0 radical (unpaired) electrons. The first kappa shape index (κ1) is 65.7. The van der Waals surface area contributed by atoms with Gasteiger partial charge in [-0.05, 0) is 78.9 Å². The van der Waals surface area contributed by atoms with Crippen LogP contribution in [0.5, 0.6) is 23.0 Å². The molecule has 0 aliphatic carbocycles. The van der Waals surface area contributed by atoms with Crippen LogP contribution in [0.25, 0.3) is 0 Å². The number of nitro groups is 2. The molecule has 6 aliphatic rings. The van der Waals surface area contributed by atoms with E-state index in [9.17, 15) is 90.5 Å². The topological polar surface area (TPSA) is 462 Å². The van der Waals surface area contributed by atoms with Crippen LogP contribution in [-0.2, 0) is 41.6 Å². The predicted octanol–water partition coefficient (Wildman–Crippen LogP) is -0.882. The lowest BCUT2D eigenvalue weighted by Gasteiger charge is -2.39. The highest BCUT2D eigenvalue weighted by molar-refractivity contribution is 6.06. The molecule has 6 unspecified atom stereocenters. The smallest absolute Gasteiger partial charge is 0.416 e. The molecule has 4 aromatic carbocycles. The zero-order valence-corrected chi connectivity index (χ0v) is 48.4. The van der Waals surface area contributed by atoms with Crippen LogP contribution in [0.2, 0.25) is 0 Å². The van der Waals surface area contributed by atoms with Gasteiger partial charge in [-0.3, -0.25) is 29.8 Å². The van der Waals surface area contributed by atoms with Crippen LogP contribution in [0, 0.1) is 20.2 Å². The van der Waals surface area contributed by atoms with Gasteiger partial charge in [-0.2, -0.15) is 0 Å². The highest BCUT2D eigenvalue weighted by Crippen LogP contribution is 2.42. The molecule has 0 bridgehead atoms. The summed E-state index contributed by atoms with van der Waals surface area (Å²) >= 11 is 0.